The van der Waals surface area contributed by atoms with E-state index in [-0.39, 0.29) is 18.6 Å². The highest BCUT2D eigenvalue weighted by atomic mass is 19.1. The minimum atomic E-state index is -0.618. The number of esters is 2. The molecule has 0 aliphatic carbocycles. The first-order valence-electron chi connectivity index (χ1n) is 7.71. The van der Waals surface area contributed by atoms with Gasteiger partial charge in [0.2, 0.25) is 0 Å². The van der Waals surface area contributed by atoms with E-state index in [0.717, 1.165) is 11.6 Å². The minimum Gasteiger partial charge on any atom is -0.427 e. The van der Waals surface area contributed by atoms with Crippen LogP contribution in [0.25, 0.3) is 0 Å². The normalized spacial score (nSPS) is 10.5. The molecule has 2 rings (SSSR count). The van der Waals surface area contributed by atoms with E-state index in [0.29, 0.717) is 11.7 Å². The maximum Gasteiger partial charge on any atom is 0.311 e. The lowest BCUT2D eigenvalue weighted by Crippen LogP contribution is -2.14. The third kappa shape index (κ3) is 5.50. The molecule has 5 heteroatoms. The summed E-state index contributed by atoms with van der Waals surface area (Å²) < 4.78 is 23.1. The predicted molar refractivity (Wildman–Crippen MR) is 87.4 cm³/mol. The molecule has 0 spiro atoms. The summed E-state index contributed by atoms with van der Waals surface area (Å²) in [5, 5.41) is 0. The second-order valence-electron chi connectivity index (χ2n) is 5.63. The molecule has 0 atom stereocenters. The Morgan fingerprint density at radius 3 is 2.04 bits per heavy atom. The summed E-state index contributed by atoms with van der Waals surface area (Å²) in [5.74, 6) is -0.700. The molecule has 0 amide bonds. The zero-order valence-corrected chi connectivity index (χ0v) is 13.6. The smallest absolute Gasteiger partial charge is 0.311 e. The quantitative estimate of drug-likeness (QED) is 0.587. The molecule has 0 saturated carbocycles. The molecule has 0 radical (unpaired) electrons. The zero-order chi connectivity index (χ0) is 17.5. The Balaban J connectivity index is 1.79. The lowest BCUT2D eigenvalue weighted by molar-refractivity contribution is -0.140. The number of carbonyl (C=O) groups excluding carboxylic acids is 2. The van der Waals surface area contributed by atoms with Gasteiger partial charge in [-0.2, -0.15) is 0 Å². The van der Waals surface area contributed by atoms with Crippen LogP contribution in [-0.2, 0) is 9.59 Å². The fourth-order valence-electron chi connectivity index (χ4n) is 2.02. The number of ether oxygens (including phenoxy) is 2. The van der Waals surface area contributed by atoms with Gasteiger partial charge in [-0.15, -0.1) is 0 Å². The van der Waals surface area contributed by atoms with Crippen molar-refractivity contribution >= 4 is 11.9 Å². The van der Waals surface area contributed by atoms with Crippen molar-refractivity contribution in [2.24, 2.45) is 0 Å². The van der Waals surface area contributed by atoms with Gasteiger partial charge in [0.15, 0.2) is 0 Å². The van der Waals surface area contributed by atoms with Crippen molar-refractivity contribution < 1.29 is 23.5 Å². The van der Waals surface area contributed by atoms with Gasteiger partial charge in [-0.05, 0) is 35.7 Å². The Bertz CT molecular complexity index is 708. The standard InChI is InChI=1S/C19H19FO4/c1-13(2)14-6-8-16(9-7-14)23-18(21)10-11-19(22)24-17-5-3-4-15(20)12-17/h3-9,12-13H,10-11H2,1-2H3. The van der Waals surface area contributed by atoms with Gasteiger partial charge >= 0.3 is 11.9 Å². The van der Waals surface area contributed by atoms with Gasteiger partial charge in [0.1, 0.15) is 17.3 Å². The van der Waals surface area contributed by atoms with Gasteiger partial charge in [0.25, 0.3) is 0 Å². The fraction of sp³-hybridized carbons (Fsp3) is 0.263. The van der Waals surface area contributed by atoms with Crippen LogP contribution in [0.2, 0.25) is 0 Å². The highest BCUT2D eigenvalue weighted by molar-refractivity contribution is 5.80. The fourth-order valence-corrected chi connectivity index (χ4v) is 2.02. The Morgan fingerprint density at radius 1 is 0.917 bits per heavy atom. The predicted octanol–water partition coefficient (Wildman–Crippen LogP) is 4.24. The van der Waals surface area contributed by atoms with E-state index in [4.69, 9.17) is 9.47 Å². The molecule has 0 N–H and O–H groups in total. The van der Waals surface area contributed by atoms with Crippen LogP contribution >= 0.6 is 0 Å². The van der Waals surface area contributed by atoms with E-state index in [1.165, 1.54) is 18.2 Å². The van der Waals surface area contributed by atoms with Gasteiger partial charge < -0.3 is 9.47 Å². The molecule has 0 saturated heterocycles. The SMILES string of the molecule is CC(C)c1ccc(OC(=O)CCC(=O)Oc2cccc(F)c2)cc1. The Kier molecular flexibility index (Phi) is 6.07. The van der Waals surface area contributed by atoms with Crippen LogP contribution in [0.3, 0.4) is 0 Å². The summed E-state index contributed by atoms with van der Waals surface area (Å²) >= 11 is 0. The second-order valence-corrected chi connectivity index (χ2v) is 5.63. The van der Waals surface area contributed by atoms with Crippen LogP contribution < -0.4 is 9.47 Å². The van der Waals surface area contributed by atoms with Gasteiger partial charge in [-0.3, -0.25) is 9.59 Å². The van der Waals surface area contributed by atoms with Crippen LogP contribution in [0, 0.1) is 5.82 Å². The number of hydrogen-bond donors (Lipinski definition) is 0. The molecule has 4 nitrogen and oxygen atoms in total. The molecule has 126 valence electrons. The van der Waals surface area contributed by atoms with Crippen molar-refractivity contribution in [2.45, 2.75) is 32.6 Å². The highest BCUT2D eigenvalue weighted by Crippen LogP contribution is 2.19. The molecule has 0 fully saturated rings. The van der Waals surface area contributed by atoms with Gasteiger partial charge in [0.05, 0.1) is 12.8 Å². The van der Waals surface area contributed by atoms with E-state index < -0.39 is 17.8 Å². The summed E-state index contributed by atoms with van der Waals surface area (Å²) in [5.41, 5.74) is 1.15. The summed E-state index contributed by atoms with van der Waals surface area (Å²) in [6.07, 6.45) is -0.250. The molecule has 0 heterocycles. The average Bonchev–Trinajstić information content (AvgIpc) is 2.53. The maximum absolute atomic E-state index is 13.0. The van der Waals surface area contributed by atoms with Crippen LogP contribution in [-0.4, -0.2) is 11.9 Å². The number of hydrogen-bond acceptors (Lipinski definition) is 4. The number of carbonyl (C=O) groups is 2. The van der Waals surface area contributed by atoms with Crippen molar-refractivity contribution in [3.05, 3.63) is 59.9 Å². The molecule has 0 unspecified atom stereocenters. The third-order valence-corrected chi connectivity index (χ3v) is 3.34. The number of halogens is 1. The molecule has 0 aliphatic rings. The largest absolute Gasteiger partial charge is 0.427 e. The second kappa shape index (κ2) is 8.24. The van der Waals surface area contributed by atoms with Crippen molar-refractivity contribution in [1.82, 2.24) is 0 Å². The zero-order valence-electron chi connectivity index (χ0n) is 13.6. The molecule has 0 aromatic heterocycles. The summed E-state index contributed by atoms with van der Waals surface area (Å²) in [6.45, 7) is 4.15. The lowest BCUT2D eigenvalue weighted by Gasteiger charge is -2.08. The summed E-state index contributed by atoms with van der Waals surface area (Å²) in [4.78, 5) is 23.4. The first-order valence-corrected chi connectivity index (χ1v) is 7.71. The van der Waals surface area contributed by atoms with Crippen molar-refractivity contribution in [3.63, 3.8) is 0 Å². The average molecular weight is 330 g/mol. The molecular weight excluding hydrogens is 311 g/mol. The molecule has 2 aromatic rings. The van der Waals surface area contributed by atoms with Gasteiger partial charge in [-0.25, -0.2) is 4.39 Å². The number of benzene rings is 2. The van der Waals surface area contributed by atoms with E-state index in [1.807, 2.05) is 12.1 Å². The summed E-state index contributed by atoms with van der Waals surface area (Å²) in [6, 6.07) is 12.5. The Labute approximate surface area is 140 Å². The Morgan fingerprint density at radius 2 is 1.50 bits per heavy atom. The van der Waals surface area contributed by atoms with Crippen LogP contribution in [0.5, 0.6) is 11.5 Å². The molecule has 2 aromatic carbocycles. The molecule has 0 bridgehead atoms. The monoisotopic (exact) mass is 330 g/mol. The number of rotatable bonds is 6. The first kappa shape index (κ1) is 17.7. The van der Waals surface area contributed by atoms with Crippen molar-refractivity contribution in [3.8, 4) is 11.5 Å². The van der Waals surface area contributed by atoms with Crippen molar-refractivity contribution in [2.75, 3.05) is 0 Å². The Hall–Kier alpha value is -2.69. The van der Waals surface area contributed by atoms with Gasteiger partial charge in [-0.1, -0.05) is 32.0 Å². The van der Waals surface area contributed by atoms with Crippen LogP contribution in [0.15, 0.2) is 48.5 Å². The van der Waals surface area contributed by atoms with Crippen LogP contribution in [0.4, 0.5) is 4.39 Å². The van der Waals surface area contributed by atoms with Gasteiger partial charge in [0, 0.05) is 6.07 Å². The maximum atomic E-state index is 13.0. The molecule has 24 heavy (non-hydrogen) atoms. The highest BCUT2D eigenvalue weighted by Gasteiger charge is 2.11. The lowest BCUT2D eigenvalue weighted by atomic mass is 10.0. The van der Waals surface area contributed by atoms with E-state index in [9.17, 15) is 14.0 Å². The van der Waals surface area contributed by atoms with E-state index in [2.05, 4.69) is 13.8 Å². The topological polar surface area (TPSA) is 52.6 Å². The molecule has 0 aliphatic heterocycles. The summed E-state index contributed by atoms with van der Waals surface area (Å²) in [7, 11) is 0. The van der Waals surface area contributed by atoms with E-state index >= 15 is 0 Å². The minimum absolute atomic E-state index is 0.109. The van der Waals surface area contributed by atoms with Crippen LogP contribution in [0.1, 0.15) is 38.2 Å². The molecular formula is C19H19FO4. The third-order valence-electron chi connectivity index (χ3n) is 3.34. The first-order chi connectivity index (χ1) is 11.4. The van der Waals surface area contributed by atoms with Crippen molar-refractivity contribution in [1.29, 1.82) is 0 Å². The van der Waals surface area contributed by atoms with E-state index in [1.54, 1.807) is 12.1 Å².